The quantitative estimate of drug-likeness (QED) is 0.0628. The molecule has 0 saturated carbocycles. The topological polar surface area (TPSA) is 36.9 Å². The SMILES string of the molecule is CCCCCCCCCOC(CCCCC=COCOCc1ccccc1)OCCCCCCCCC. The van der Waals surface area contributed by atoms with Crippen LogP contribution in [0.1, 0.15) is 135 Å². The third-order valence-electron chi connectivity index (χ3n) is 6.62. The number of unbranched alkanes of at least 4 members (excludes halogenated alkanes) is 14. The highest BCUT2D eigenvalue weighted by Crippen LogP contribution is 2.13. The molecule has 1 rings (SSSR count). The van der Waals surface area contributed by atoms with E-state index in [0.717, 1.165) is 57.3 Å². The molecule has 214 valence electrons. The zero-order valence-corrected chi connectivity index (χ0v) is 24.3. The Kier molecular flexibility index (Phi) is 25.2. The van der Waals surface area contributed by atoms with Crippen LogP contribution in [0.3, 0.4) is 0 Å². The molecule has 0 aliphatic rings. The molecule has 0 radical (unpaired) electrons. The summed E-state index contributed by atoms with van der Waals surface area (Å²) in [5.41, 5.74) is 1.16. The molecule has 4 heteroatoms. The van der Waals surface area contributed by atoms with E-state index in [0.29, 0.717) is 6.61 Å². The van der Waals surface area contributed by atoms with Crippen molar-refractivity contribution in [3.05, 3.63) is 48.2 Å². The molecular weight excluding hydrogens is 460 g/mol. The van der Waals surface area contributed by atoms with Crippen molar-refractivity contribution in [3.63, 3.8) is 0 Å². The van der Waals surface area contributed by atoms with Gasteiger partial charge in [-0.05, 0) is 50.2 Å². The lowest BCUT2D eigenvalue weighted by Gasteiger charge is -2.19. The second-order valence-corrected chi connectivity index (χ2v) is 10.2. The molecule has 0 bridgehead atoms. The van der Waals surface area contributed by atoms with E-state index in [4.69, 9.17) is 18.9 Å². The predicted octanol–water partition coefficient (Wildman–Crippen LogP) is 10.1. The van der Waals surface area contributed by atoms with E-state index in [-0.39, 0.29) is 13.1 Å². The van der Waals surface area contributed by atoms with E-state index < -0.39 is 0 Å². The average Bonchev–Trinajstić information content (AvgIpc) is 2.92. The van der Waals surface area contributed by atoms with Crippen molar-refractivity contribution < 1.29 is 18.9 Å². The normalized spacial score (nSPS) is 11.6. The van der Waals surface area contributed by atoms with Crippen molar-refractivity contribution >= 4 is 0 Å². The number of hydrogen-bond acceptors (Lipinski definition) is 4. The Morgan fingerprint density at radius 2 is 1.22 bits per heavy atom. The first-order chi connectivity index (χ1) is 18.4. The minimum absolute atomic E-state index is 0.0493. The van der Waals surface area contributed by atoms with Gasteiger partial charge in [0.05, 0.1) is 12.9 Å². The zero-order chi connectivity index (χ0) is 26.5. The summed E-state index contributed by atoms with van der Waals surface area (Å²) >= 11 is 0. The van der Waals surface area contributed by atoms with Gasteiger partial charge in [-0.25, -0.2) is 0 Å². The fraction of sp³-hybridized carbons (Fsp3) is 0.758. The van der Waals surface area contributed by atoms with Gasteiger partial charge in [0.2, 0.25) is 0 Å². The molecule has 0 spiro atoms. The highest BCUT2D eigenvalue weighted by molar-refractivity contribution is 5.13. The van der Waals surface area contributed by atoms with Gasteiger partial charge in [0, 0.05) is 13.2 Å². The van der Waals surface area contributed by atoms with E-state index in [1.807, 2.05) is 18.2 Å². The predicted molar refractivity (Wildman–Crippen MR) is 156 cm³/mol. The van der Waals surface area contributed by atoms with Crippen LogP contribution < -0.4 is 0 Å². The van der Waals surface area contributed by atoms with Gasteiger partial charge >= 0.3 is 0 Å². The molecule has 0 aromatic heterocycles. The maximum absolute atomic E-state index is 6.16. The van der Waals surface area contributed by atoms with Crippen LogP contribution in [0.4, 0.5) is 0 Å². The van der Waals surface area contributed by atoms with Gasteiger partial charge < -0.3 is 18.9 Å². The molecule has 0 fully saturated rings. The smallest absolute Gasteiger partial charge is 0.188 e. The minimum atomic E-state index is -0.0493. The second-order valence-electron chi connectivity index (χ2n) is 10.2. The number of ether oxygens (including phenoxy) is 4. The van der Waals surface area contributed by atoms with Crippen LogP contribution in [0.5, 0.6) is 0 Å². The Hall–Kier alpha value is -1.36. The molecule has 0 aliphatic heterocycles. The summed E-state index contributed by atoms with van der Waals surface area (Å²) in [6, 6.07) is 10.2. The third kappa shape index (κ3) is 23.5. The fourth-order valence-corrected chi connectivity index (χ4v) is 4.29. The first kappa shape index (κ1) is 33.7. The van der Waals surface area contributed by atoms with Gasteiger partial charge in [0.1, 0.15) is 0 Å². The largest absolute Gasteiger partial charge is 0.475 e. The molecule has 0 N–H and O–H groups in total. The molecule has 1 aromatic rings. The summed E-state index contributed by atoms with van der Waals surface area (Å²) < 4.78 is 23.3. The molecule has 0 aliphatic carbocycles. The second kappa shape index (κ2) is 27.7. The number of hydrogen-bond donors (Lipinski definition) is 0. The highest BCUT2D eigenvalue weighted by Gasteiger charge is 2.09. The number of rotatable bonds is 28. The van der Waals surface area contributed by atoms with Crippen molar-refractivity contribution in [3.8, 4) is 0 Å². The summed E-state index contributed by atoms with van der Waals surface area (Å²) in [5.74, 6) is 0. The molecular formula is C33H58O4. The van der Waals surface area contributed by atoms with E-state index >= 15 is 0 Å². The van der Waals surface area contributed by atoms with Crippen LogP contribution in [-0.2, 0) is 25.6 Å². The van der Waals surface area contributed by atoms with Gasteiger partial charge in [0.15, 0.2) is 13.1 Å². The van der Waals surface area contributed by atoms with Gasteiger partial charge in [0.25, 0.3) is 0 Å². The van der Waals surface area contributed by atoms with Crippen LogP contribution in [0.15, 0.2) is 42.7 Å². The molecule has 0 atom stereocenters. The fourth-order valence-electron chi connectivity index (χ4n) is 4.29. The van der Waals surface area contributed by atoms with Crippen molar-refractivity contribution in [2.45, 2.75) is 142 Å². The van der Waals surface area contributed by atoms with Crippen LogP contribution in [0.25, 0.3) is 0 Å². The van der Waals surface area contributed by atoms with Gasteiger partial charge in [-0.1, -0.05) is 121 Å². The first-order valence-electron chi connectivity index (χ1n) is 15.5. The summed E-state index contributed by atoms with van der Waals surface area (Å²) in [4.78, 5) is 0. The number of allylic oxidation sites excluding steroid dienone is 1. The molecule has 1 aromatic carbocycles. The zero-order valence-electron chi connectivity index (χ0n) is 24.3. The standard InChI is InChI=1S/C33H58O4/c1-3-5-7-9-11-14-22-28-36-33(37-29-23-15-12-10-8-6-4-2)26-20-13-16-21-27-34-31-35-30-32-24-18-17-19-25-32/h17-19,21,24-25,27,33H,3-16,20,22-23,26,28-31H2,1-2H3. The summed E-state index contributed by atoms with van der Waals surface area (Å²) in [5, 5.41) is 0. The molecule has 0 amide bonds. The lowest BCUT2D eigenvalue weighted by atomic mass is 10.1. The summed E-state index contributed by atoms with van der Waals surface area (Å²) in [6.07, 6.45) is 26.3. The Bertz CT molecular complexity index is 569. The third-order valence-corrected chi connectivity index (χ3v) is 6.62. The number of benzene rings is 1. The van der Waals surface area contributed by atoms with Crippen LogP contribution in [0, 0.1) is 0 Å². The van der Waals surface area contributed by atoms with E-state index in [9.17, 15) is 0 Å². The van der Waals surface area contributed by atoms with E-state index in [1.165, 1.54) is 77.0 Å². The van der Waals surface area contributed by atoms with Crippen LogP contribution in [-0.4, -0.2) is 26.3 Å². The Morgan fingerprint density at radius 1 is 0.649 bits per heavy atom. The van der Waals surface area contributed by atoms with Crippen LogP contribution in [0.2, 0.25) is 0 Å². The summed E-state index contributed by atoms with van der Waals surface area (Å²) in [7, 11) is 0. The maximum atomic E-state index is 6.16. The molecule has 37 heavy (non-hydrogen) atoms. The monoisotopic (exact) mass is 518 g/mol. The van der Waals surface area contributed by atoms with Crippen LogP contribution >= 0.6 is 0 Å². The summed E-state index contributed by atoms with van der Waals surface area (Å²) in [6.45, 7) is 7.06. The van der Waals surface area contributed by atoms with Gasteiger partial charge in [-0.3, -0.25) is 0 Å². The van der Waals surface area contributed by atoms with Crippen molar-refractivity contribution in [2.75, 3.05) is 20.0 Å². The highest BCUT2D eigenvalue weighted by atomic mass is 16.7. The molecule has 4 nitrogen and oxygen atoms in total. The average molecular weight is 519 g/mol. The Balaban J connectivity index is 2.11. The lowest BCUT2D eigenvalue weighted by molar-refractivity contribution is -0.148. The minimum Gasteiger partial charge on any atom is -0.475 e. The van der Waals surface area contributed by atoms with E-state index in [1.54, 1.807) is 6.26 Å². The van der Waals surface area contributed by atoms with Crippen molar-refractivity contribution in [1.29, 1.82) is 0 Å². The van der Waals surface area contributed by atoms with Crippen molar-refractivity contribution in [1.82, 2.24) is 0 Å². The molecule has 0 unspecified atom stereocenters. The van der Waals surface area contributed by atoms with Gasteiger partial charge in [-0.2, -0.15) is 0 Å². The van der Waals surface area contributed by atoms with Crippen molar-refractivity contribution in [2.24, 2.45) is 0 Å². The lowest BCUT2D eigenvalue weighted by Crippen LogP contribution is -2.19. The molecule has 0 heterocycles. The van der Waals surface area contributed by atoms with Gasteiger partial charge in [-0.15, -0.1) is 0 Å². The Labute approximate surface area is 229 Å². The Morgan fingerprint density at radius 3 is 1.81 bits per heavy atom. The molecule has 0 saturated heterocycles. The maximum Gasteiger partial charge on any atom is 0.188 e. The first-order valence-corrected chi connectivity index (χ1v) is 15.5. The van der Waals surface area contributed by atoms with E-state index in [2.05, 4.69) is 32.1 Å².